The quantitative estimate of drug-likeness (QED) is 0.575. The van der Waals surface area contributed by atoms with E-state index in [4.69, 9.17) is 16.6 Å². The molecule has 130 valence electrons. The van der Waals surface area contributed by atoms with E-state index in [1.54, 1.807) is 6.07 Å². The third-order valence-electron chi connectivity index (χ3n) is 5.44. The zero-order chi connectivity index (χ0) is 18.0. The third kappa shape index (κ3) is 3.60. The summed E-state index contributed by atoms with van der Waals surface area (Å²) in [5, 5.41) is 10.3. The van der Waals surface area contributed by atoms with Gasteiger partial charge in [0.2, 0.25) is 0 Å². The summed E-state index contributed by atoms with van der Waals surface area (Å²) in [4.78, 5) is 11.3. The molecule has 1 aliphatic carbocycles. The molecule has 6 heteroatoms. The Labute approximate surface area is 155 Å². The fraction of sp³-hybridized carbons (Fsp3) is 0.526. The van der Waals surface area contributed by atoms with Gasteiger partial charge >= 0.3 is 0 Å². The van der Waals surface area contributed by atoms with Gasteiger partial charge < -0.3 is 4.90 Å². The van der Waals surface area contributed by atoms with E-state index in [1.165, 1.54) is 12.8 Å². The van der Waals surface area contributed by atoms with E-state index in [0.29, 0.717) is 11.0 Å². The molecule has 1 aliphatic heterocycles. The topological polar surface area (TPSA) is 52.8 Å². The van der Waals surface area contributed by atoms with Gasteiger partial charge in [0, 0.05) is 19.1 Å². The lowest BCUT2D eigenvalue weighted by Gasteiger charge is -2.21. The summed E-state index contributed by atoms with van der Waals surface area (Å²) in [7, 11) is 0. The molecule has 0 spiro atoms. The summed E-state index contributed by atoms with van der Waals surface area (Å²) < 4.78 is 0. The zero-order valence-corrected chi connectivity index (χ0v) is 15.9. The van der Waals surface area contributed by atoms with Crippen LogP contribution in [0.1, 0.15) is 40.0 Å². The molecule has 0 bridgehead atoms. The lowest BCUT2D eigenvalue weighted by atomic mass is 9.33. The van der Waals surface area contributed by atoms with E-state index < -0.39 is 0 Å². The van der Waals surface area contributed by atoms with Crippen molar-refractivity contribution in [2.24, 2.45) is 0 Å². The van der Waals surface area contributed by atoms with Gasteiger partial charge in [-0.15, -0.1) is 0 Å². The van der Waals surface area contributed by atoms with Crippen LogP contribution in [0.4, 0.5) is 5.82 Å². The molecule has 0 aromatic carbocycles. The second-order valence-corrected chi connectivity index (χ2v) is 7.48. The summed E-state index contributed by atoms with van der Waals surface area (Å²) >= 11 is 5.92. The van der Waals surface area contributed by atoms with E-state index >= 15 is 0 Å². The molecular weight excluding hydrogens is 331 g/mol. The van der Waals surface area contributed by atoms with Gasteiger partial charge in [-0.3, -0.25) is 0 Å². The lowest BCUT2D eigenvalue weighted by Crippen LogP contribution is -2.28. The Kier molecular flexibility index (Phi) is 5.20. The molecule has 2 aromatic rings. The molecule has 2 aromatic heterocycles. The van der Waals surface area contributed by atoms with Crippen LogP contribution in [-0.4, -0.2) is 29.8 Å². The number of pyridine rings is 2. The molecule has 1 saturated carbocycles. The maximum Gasteiger partial charge on any atom is 0.278 e. The van der Waals surface area contributed by atoms with Crippen molar-refractivity contribution in [2.45, 2.75) is 51.2 Å². The first-order valence-electron chi connectivity index (χ1n) is 9.17. The van der Waals surface area contributed by atoms with E-state index in [9.17, 15) is 5.26 Å². The number of nitrogens with zero attached hydrogens (tertiary/aromatic N) is 4. The highest BCUT2D eigenvalue weighted by Crippen LogP contribution is 2.58. The fourth-order valence-electron chi connectivity index (χ4n) is 3.76. The summed E-state index contributed by atoms with van der Waals surface area (Å²) in [5.74, 6) is 4.01. The number of rotatable bonds is 3. The minimum absolute atomic E-state index is 0.174. The average molecular weight is 355 g/mol. The van der Waals surface area contributed by atoms with Crippen LogP contribution in [0.25, 0.3) is 11.0 Å². The van der Waals surface area contributed by atoms with Gasteiger partial charge in [0.15, 0.2) is 0 Å². The summed E-state index contributed by atoms with van der Waals surface area (Å²) in [6.45, 7) is 8.33. The van der Waals surface area contributed by atoms with Crippen LogP contribution in [0.5, 0.6) is 0 Å². The number of aromatic nitrogens is 2. The molecule has 4 rings (SSSR count). The highest BCUT2D eigenvalue weighted by molar-refractivity contribution is 6.72. The molecule has 2 aliphatic rings. The standard InChI is InChI=1S/C17H18BClN4.C2H6/c1-17(7-8-17)18(11-20)12-6-9-23(10-12)16-5-3-13-14(22-16)2-4-15(19)21-13;1-2/h2-5,12H,6-10H2,1H3;1-2H3. The number of nitriles is 1. The van der Waals surface area contributed by atoms with E-state index in [1.807, 2.05) is 32.0 Å². The summed E-state index contributed by atoms with van der Waals surface area (Å²) in [5.41, 5.74) is 1.68. The molecule has 1 saturated heterocycles. The van der Waals surface area contributed by atoms with E-state index in [2.05, 4.69) is 22.8 Å². The molecule has 4 nitrogen and oxygen atoms in total. The zero-order valence-electron chi connectivity index (χ0n) is 15.2. The molecule has 25 heavy (non-hydrogen) atoms. The monoisotopic (exact) mass is 354 g/mol. The maximum absolute atomic E-state index is 9.58. The van der Waals surface area contributed by atoms with Gasteiger partial charge in [-0.2, -0.15) is 0 Å². The Bertz CT molecular complexity index is 800. The minimum Gasteiger partial charge on any atom is -0.357 e. The third-order valence-corrected chi connectivity index (χ3v) is 5.65. The molecule has 1 unspecified atom stereocenters. The van der Waals surface area contributed by atoms with Crippen molar-refractivity contribution >= 4 is 35.2 Å². The fourth-order valence-corrected chi connectivity index (χ4v) is 3.91. The van der Waals surface area contributed by atoms with Crippen LogP contribution in [0.2, 0.25) is 16.3 Å². The summed E-state index contributed by atoms with van der Waals surface area (Å²) in [6, 6.07) is 7.66. The first kappa shape index (κ1) is 18.0. The number of halogens is 1. The van der Waals surface area contributed by atoms with Crippen LogP contribution in [0, 0.1) is 11.2 Å². The van der Waals surface area contributed by atoms with E-state index in [-0.39, 0.29) is 12.0 Å². The van der Waals surface area contributed by atoms with Crippen molar-refractivity contribution < 1.29 is 0 Å². The van der Waals surface area contributed by atoms with Crippen LogP contribution >= 0.6 is 11.6 Å². The lowest BCUT2D eigenvalue weighted by molar-refractivity contribution is 0.854. The Morgan fingerprint density at radius 3 is 2.56 bits per heavy atom. The largest absolute Gasteiger partial charge is 0.357 e. The van der Waals surface area contributed by atoms with Crippen LogP contribution in [0.15, 0.2) is 24.3 Å². The first-order chi connectivity index (χ1) is 12.1. The van der Waals surface area contributed by atoms with Crippen molar-refractivity contribution in [3.05, 3.63) is 29.4 Å². The molecular formula is C19H24BClN4. The molecule has 3 heterocycles. The van der Waals surface area contributed by atoms with Gasteiger partial charge in [0.25, 0.3) is 6.71 Å². The molecule has 0 radical (unpaired) electrons. The molecule has 0 N–H and O–H groups in total. The number of hydrogen-bond donors (Lipinski definition) is 0. The Morgan fingerprint density at radius 1 is 1.20 bits per heavy atom. The minimum atomic E-state index is 0.174. The number of fused-ring (bicyclic) bond motifs is 1. The van der Waals surface area contributed by atoms with Crippen LogP contribution in [0.3, 0.4) is 0 Å². The molecule has 0 amide bonds. The Hall–Kier alpha value is -1.80. The van der Waals surface area contributed by atoms with Crippen molar-refractivity contribution in [3.8, 4) is 5.97 Å². The second kappa shape index (κ2) is 7.21. The van der Waals surface area contributed by atoms with Gasteiger partial charge in [-0.1, -0.05) is 45.2 Å². The molecule has 2 fully saturated rings. The Morgan fingerprint density at radius 2 is 1.88 bits per heavy atom. The second-order valence-electron chi connectivity index (χ2n) is 7.10. The van der Waals surface area contributed by atoms with Crippen LogP contribution in [-0.2, 0) is 0 Å². The van der Waals surface area contributed by atoms with Crippen molar-refractivity contribution in [2.75, 3.05) is 18.0 Å². The highest BCUT2D eigenvalue weighted by atomic mass is 35.5. The van der Waals surface area contributed by atoms with E-state index in [0.717, 1.165) is 36.4 Å². The van der Waals surface area contributed by atoms with Gasteiger partial charge in [-0.25, -0.2) is 15.2 Å². The summed E-state index contributed by atoms with van der Waals surface area (Å²) in [6.07, 6.45) is 3.47. The predicted octanol–water partition coefficient (Wildman–Crippen LogP) is 5.00. The van der Waals surface area contributed by atoms with Crippen molar-refractivity contribution in [1.82, 2.24) is 9.97 Å². The van der Waals surface area contributed by atoms with Crippen molar-refractivity contribution in [1.29, 1.82) is 5.26 Å². The maximum atomic E-state index is 9.58. The Balaban J connectivity index is 0.000000880. The van der Waals surface area contributed by atoms with Gasteiger partial charge in [-0.05, 0) is 41.8 Å². The van der Waals surface area contributed by atoms with Crippen molar-refractivity contribution in [3.63, 3.8) is 0 Å². The highest BCUT2D eigenvalue weighted by Gasteiger charge is 2.52. The smallest absolute Gasteiger partial charge is 0.278 e. The number of anilines is 1. The molecule has 1 atom stereocenters. The number of hydrogen-bond acceptors (Lipinski definition) is 4. The average Bonchev–Trinajstić information content (AvgIpc) is 3.19. The normalized spacial score (nSPS) is 20.6. The van der Waals surface area contributed by atoms with Crippen LogP contribution < -0.4 is 4.90 Å². The van der Waals surface area contributed by atoms with Gasteiger partial charge in [0.1, 0.15) is 11.0 Å². The predicted molar refractivity (Wildman–Crippen MR) is 105 cm³/mol. The first-order valence-corrected chi connectivity index (χ1v) is 9.55. The SMILES string of the molecule is CC.CC1(B(C#N)C2CCN(c3ccc4nc(Cl)ccc4n3)C2)CC1. The van der Waals surface area contributed by atoms with Gasteiger partial charge in [0.05, 0.1) is 11.0 Å².